The smallest absolute Gasteiger partial charge is 0.306 e. The minimum absolute atomic E-state index is 0. The summed E-state index contributed by atoms with van der Waals surface area (Å²) in [4.78, 5) is 39.0. The Labute approximate surface area is 246 Å². The molecular weight excluding hydrogens is 623 g/mol. The highest BCUT2D eigenvalue weighted by atomic mass is 127. The third-order valence-electron chi connectivity index (χ3n) is 6.51. The number of ketones is 1. The number of carbonyl (C=O) groups excluding carboxylic acids is 3. The maximum atomic E-state index is 12.8. The molecule has 3 rings (SSSR count). The summed E-state index contributed by atoms with van der Waals surface area (Å²) >= 11 is 7.51. The van der Waals surface area contributed by atoms with Gasteiger partial charge in [0.05, 0.1) is 30.6 Å². The van der Waals surface area contributed by atoms with Crippen molar-refractivity contribution in [3.63, 3.8) is 0 Å². The number of thiophene rings is 1. The average molecular weight is 661 g/mol. The zero-order valence-corrected chi connectivity index (χ0v) is 25.9. The summed E-state index contributed by atoms with van der Waals surface area (Å²) in [5.41, 5.74) is 7.82. The van der Waals surface area contributed by atoms with Gasteiger partial charge in [0.25, 0.3) is 0 Å². The molecule has 0 fully saturated rings. The van der Waals surface area contributed by atoms with E-state index in [2.05, 4.69) is 7.05 Å². The van der Waals surface area contributed by atoms with Gasteiger partial charge >= 0.3 is 5.97 Å². The van der Waals surface area contributed by atoms with Crippen molar-refractivity contribution in [2.75, 3.05) is 20.1 Å². The Morgan fingerprint density at radius 3 is 2.38 bits per heavy atom. The zero-order chi connectivity index (χ0) is 26.5. The first-order chi connectivity index (χ1) is 16.8. The molecule has 1 unspecified atom stereocenters. The van der Waals surface area contributed by atoms with Crippen LogP contribution in [0.25, 0.3) is 0 Å². The number of nitrogens with two attached hydrogens (primary N) is 1. The molecular formula is C28H38ClIN2O4S. The van der Waals surface area contributed by atoms with Crippen LogP contribution in [0.3, 0.4) is 0 Å². The van der Waals surface area contributed by atoms with Gasteiger partial charge in [0, 0.05) is 35.6 Å². The molecule has 2 N–H and O–H groups in total. The summed E-state index contributed by atoms with van der Waals surface area (Å²) in [6.45, 7) is 8.41. The fourth-order valence-electron chi connectivity index (χ4n) is 4.77. The highest BCUT2D eigenvalue weighted by molar-refractivity contribution is 7.12. The molecule has 204 valence electrons. The Balaban J connectivity index is 0.00000481. The minimum Gasteiger partial charge on any atom is -1.00 e. The molecule has 0 radical (unpaired) electrons. The second-order valence-corrected chi connectivity index (χ2v) is 12.7. The highest BCUT2D eigenvalue weighted by Gasteiger charge is 2.34. The summed E-state index contributed by atoms with van der Waals surface area (Å²) < 4.78 is 6.27. The molecule has 9 heteroatoms. The van der Waals surface area contributed by atoms with Crippen molar-refractivity contribution in [2.45, 2.75) is 77.9 Å². The molecule has 0 saturated heterocycles. The van der Waals surface area contributed by atoms with Crippen molar-refractivity contribution in [1.82, 2.24) is 0 Å². The first kappa shape index (κ1) is 31.7. The lowest BCUT2D eigenvalue weighted by molar-refractivity contribution is -0.924. The number of likely N-dealkylation sites (N-methyl/N-ethyl adjacent to an activating group) is 1. The number of benzene rings is 1. The molecule has 0 bridgehead atoms. The molecule has 1 aromatic heterocycles. The molecule has 6 nitrogen and oxygen atoms in total. The number of primary amides is 1. The predicted octanol–water partition coefficient (Wildman–Crippen LogP) is 2.26. The van der Waals surface area contributed by atoms with Crippen molar-refractivity contribution >= 4 is 40.6 Å². The molecule has 37 heavy (non-hydrogen) atoms. The van der Waals surface area contributed by atoms with E-state index < -0.39 is 11.5 Å². The average Bonchev–Trinajstić information content (AvgIpc) is 3.10. The maximum Gasteiger partial charge on any atom is 0.306 e. The molecule has 0 saturated carbocycles. The number of quaternary nitrogens is 1. The quantitative estimate of drug-likeness (QED) is 0.174. The van der Waals surface area contributed by atoms with Crippen molar-refractivity contribution in [2.24, 2.45) is 5.73 Å². The Morgan fingerprint density at radius 1 is 1.08 bits per heavy atom. The first-order valence-electron chi connectivity index (χ1n) is 12.6. The summed E-state index contributed by atoms with van der Waals surface area (Å²) in [6, 6.07) is 7.26. The fourth-order valence-corrected chi connectivity index (χ4v) is 6.46. The number of carbonyl (C=O) groups is 3. The largest absolute Gasteiger partial charge is 1.00 e. The number of hydrogen-bond donors (Lipinski definition) is 1. The van der Waals surface area contributed by atoms with E-state index in [-0.39, 0.29) is 42.2 Å². The van der Waals surface area contributed by atoms with Gasteiger partial charge in [-0.1, -0.05) is 23.7 Å². The summed E-state index contributed by atoms with van der Waals surface area (Å²) in [5, 5.41) is 0.636. The van der Waals surface area contributed by atoms with Gasteiger partial charge in [-0.25, -0.2) is 0 Å². The molecule has 1 amide bonds. The number of esters is 1. The van der Waals surface area contributed by atoms with E-state index in [1.807, 2.05) is 32.9 Å². The van der Waals surface area contributed by atoms with Gasteiger partial charge in [-0.15, -0.1) is 11.3 Å². The third kappa shape index (κ3) is 9.64. The van der Waals surface area contributed by atoms with Gasteiger partial charge in [-0.2, -0.15) is 0 Å². The van der Waals surface area contributed by atoms with E-state index in [4.69, 9.17) is 22.1 Å². The predicted molar refractivity (Wildman–Crippen MR) is 144 cm³/mol. The van der Waals surface area contributed by atoms with Crippen LogP contribution in [-0.4, -0.2) is 47.9 Å². The standard InChI is InChI=1S/C28H37ClN2O4S.HI/c1-28(2,3)35-25(33)8-6-5-7-14-31(4)15-13-22-24(18-31)36-23(26(22)27(30)34)17-21(32)16-19-9-11-20(29)12-10-19;/h9-12H,5-8,13-18H2,1-4H3,(H-,30,34);1H. The van der Waals surface area contributed by atoms with Crippen LogP contribution in [0, 0.1) is 0 Å². The Kier molecular flexibility index (Phi) is 11.6. The van der Waals surface area contributed by atoms with Gasteiger partial charge in [-0.05, 0) is 63.3 Å². The Morgan fingerprint density at radius 2 is 1.76 bits per heavy atom. The lowest BCUT2D eigenvalue weighted by Gasteiger charge is -2.37. The van der Waals surface area contributed by atoms with Crippen LogP contribution < -0.4 is 29.7 Å². The number of unbranched alkanes of at least 4 members (excludes halogenated alkanes) is 2. The normalized spacial score (nSPS) is 17.0. The Bertz CT molecular complexity index is 1110. The van der Waals surface area contributed by atoms with E-state index in [1.165, 1.54) is 4.88 Å². The van der Waals surface area contributed by atoms with Crippen molar-refractivity contribution in [1.29, 1.82) is 0 Å². The molecule has 1 aromatic carbocycles. The summed E-state index contributed by atoms with van der Waals surface area (Å²) in [6.07, 6.45) is 4.57. The van der Waals surface area contributed by atoms with Crippen LogP contribution in [0.4, 0.5) is 0 Å². The monoisotopic (exact) mass is 660 g/mol. The molecule has 2 aromatic rings. The van der Waals surface area contributed by atoms with Gasteiger partial charge in [0.15, 0.2) is 0 Å². The number of hydrogen-bond acceptors (Lipinski definition) is 5. The van der Waals surface area contributed by atoms with Crippen LogP contribution in [0.2, 0.25) is 5.02 Å². The van der Waals surface area contributed by atoms with Crippen LogP contribution in [0.5, 0.6) is 0 Å². The van der Waals surface area contributed by atoms with Crippen molar-refractivity contribution in [3.8, 4) is 0 Å². The van der Waals surface area contributed by atoms with E-state index >= 15 is 0 Å². The maximum absolute atomic E-state index is 12.8. The van der Waals surface area contributed by atoms with Gasteiger partial charge in [0.1, 0.15) is 17.9 Å². The number of amides is 1. The number of ether oxygens (including phenoxy) is 1. The molecule has 1 aliphatic rings. The van der Waals surface area contributed by atoms with E-state index in [0.717, 1.165) is 65.8 Å². The lowest BCUT2D eigenvalue weighted by atomic mass is 9.97. The first-order valence-corrected chi connectivity index (χ1v) is 13.8. The number of nitrogens with zero attached hydrogens (tertiary/aromatic N) is 1. The fraction of sp³-hybridized carbons (Fsp3) is 0.536. The van der Waals surface area contributed by atoms with Crippen LogP contribution in [-0.2, 0) is 40.1 Å². The second kappa shape index (κ2) is 13.5. The molecule has 0 spiro atoms. The number of fused-ring (bicyclic) bond motifs is 1. The molecule has 1 aliphatic heterocycles. The topological polar surface area (TPSA) is 86.5 Å². The molecule has 2 heterocycles. The van der Waals surface area contributed by atoms with E-state index in [9.17, 15) is 14.4 Å². The lowest BCUT2D eigenvalue weighted by Crippen LogP contribution is -3.00. The van der Waals surface area contributed by atoms with Crippen LogP contribution in [0.15, 0.2) is 24.3 Å². The zero-order valence-electron chi connectivity index (χ0n) is 22.2. The highest BCUT2D eigenvalue weighted by Crippen LogP contribution is 2.36. The van der Waals surface area contributed by atoms with Crippen LogP contribution >= 0.6 is 22.9 Å². The summed E-state index contributed by atoms with van der Waals surface area (Å²) in [7, 11) is 2.24. The Hall–Kier alpha value is -1.49. The molecule has 0 aliphatic carbocycles. The van der Waals surface area contributed by atoms with Crippen LogP contribution in [0.1, 0.15) is 77.7 Å². The van der Waals surface area contributed by atoms with Gasteiger partial charge < -0.3 is 38.9 Å². The second-order valence-electron chi connectivity index (χ2n) is 11.1. The van der Waals surface area contributed by atoms with Gasteiger partial charge in [0.2, 0.25) is 5.91 Å². The van der Waals surface area contributed by atoms with Gasteiger partial charge in [-0.3, -0.25) is 14.4 Å². The van der Waals surface area contributed by atoms with Crippen molar-refractivity contribution < 1.29 is 47.6 Å². The minimum atomic E-state index is -0.444. The van der Waals surface area contributed by atoms with Crippen molar-refractivity contribution in [3.05, 3.63) is 55.7 Å². The number of rotatable bonds is 11. The number of halogens is 2. The third-order valence-corrected chi connectivity index (χ3v) is 7.98. The van der Waals surface area contributed by atoms with E-state index in [1.54, 1.807) is 23.5 Å². The number of Topliss-reactive ketones (excluding diaryl/α,β-unsaturated/α-hetero) is 1. The SMILES string of the molecule is CC(C)(C)OC(=O)CCCCC[N+]1(C)CCc2c(sc(CC(=O)Cc3ccc(Cl)cc3)c2C(N)=O)C1.[I-]. The summed E-state index contributed by atoms with van der Waals surface area (Å²) in [5.74, 6) is -0.526. The van der Waals surface area contributed by atoms with E-state index in [0.29, 0.717) is 23.4 Å². The molecule has 1 atom stereocenters.